The lowest BCUT2D eigenvalue weighted by atomic mass is 9.87. The van der Waals surface area contributed by atoms with Gasteiger partial charge in [0.1, 0.15) is 0 Å². The van der Waals surface area contributed by atoms with Crippen molar-refractivity contribution in [1.82, 2.24) is 4.90 Å². The maximum absolute atomic E-state index is 2.58. The van der Waals surface area contributed by atoms with Gasteiger partial charge < -0.3 is 0 Å². The molecule has 0 aromatic rings. The van der Waals surface area contributed by atoms with E-state index in [1.54, 1.807) is 11.1 Å². The number of likely N-dealkylation sites (N-methyl/N-ethyl adjacent to an activating group) is 1. The minimum absolute atomic E-state index is 0.633. The third kappa shape index (κ3) is 2.33. The Bertz CT molecular complexity index is 419. The van der Waals surface area contributed by atoms with E-state index in [1.807, 2.05) is 0 Å². The molecule has 100 valence electrons. The zero-order chi connectivity index (χ0) is 13.4. The summed E-state index contributed by atoms with van der Waals surface area (Å²) in [5.74, 6) is 0.633. The normalized spacial score (nSPS) is 30.5. The van der Waals surface area contributed by atoms with E-state index in [2.05, 4.69) is 58.7 Å². The average molecular weight is 245 g/mol. The van der Waals surface area contributed by atoms with Gasteiger partial charge in [-0.15, -0.1) is 0 Å². The van der Waals surface area contributed by atoms with Crippen LogP contribution in [-0.2, 0) is 0 Å². The average Bonchev–Trinajstić information content (AvgIpc) is 2.57. The molecule has 1 saturated heterocycles. The molecule has 0 saturated carbocycles. The number of hydrogen-bond donors (Lipinski definition) is 0. The lowest BCUT2D eigenvalue weighted by Crippen LogP contribution is -2.39. The van der Waals surface area contributed by atoms with Crippen LogP contribution in [0.2, 0.25) is 0 Å². The number of hydrogen-bond acceptors (Lipinski definition) is 1. The number of allylic oxidation sites excluding steroid dienone is 2. The molecule has 1 nitrogen and oxygen atoms in total. The maximum atomic E-state index is 2.58. The number of nitrogens with zero attached hydrogens (tertiary/aromatic N) is 1. The van der Waals surface area contributed by atoms with Crippen LogP contribution < -0.4 is 0 Å². The third-order valence-electron chi connectivity index (χ3n) is 4.24. The molecule has 2 bridgehead atoms. The van der Waals surface area contributed by atoms with Crippen LogP contribution in [-0.4, -0.2) is 24.0 Å². The monoisotopic (exact) mass is 245 g/mol. The van der Waals surface area contributed by atoms with Crippen LogP contribution in [0.25, 0.3) is 0 Å². The highest BCUT2D eigenvalue weighted by Gasteiger charge is 2.39. The lowest BCUT2D eigenvalue weighted by molar-refractivity contribution is 0.281. The van der Waals surface area contributed by atoms with Crippen molar-refractivity contribution >= 4 is 0 Å². The first-order valence-corrected chi connectivity index (χ1v) is 7.21. The Morgan fingerprint density at radius 1 is 1.22 bits per heavy atom. The van der Waals surface area contributed by atoms with Gasteiger partial charge in [0.25, 0.3) is 0 Å². The minimum Gasteiger partial charge on any atom is -0.292 e. The van der Waals surface area contributed by atoms with Crippen molar-refractivity contribution in [3.05, 3.63) is 34.4 Å². The second-order valence-electron chi connectivity index (χ2n) is 6.44. The van der Waals surface area contributed by atoms with Crippen LogP contribution in [0.3, 0.4) is 0 Å². The van der Waals surface area contributed by atoms with Gasteiger partial charge >= 0.3 is 0 Å². The summed E-state index contributed by atoms with van der Waals surface area (Å²) < 4.78 is 0. The predicted molar refractivity (Wildman–Crippen MR) is 79.6 cm³/mol. The summed E-state index contributed by atoms with van der Waals surface area (Å²) >= 11 is 0. The highest BCUT2D eigenvalue weighted by atomic mass is 15.2. The molecule has 2 unspecified atom stereocenters. The summed E-state index contributed by atoms with van der Waals surface area (Å²) in [6.07, 6.45) is 7.49. The Labute approximate surface area is 112 Å². The SMILES string of the molecule is CC(C)=CC1=C(C)/C(=C/C(C)C)C2CCC1N2C. The van der Waals surface area contributed by atoms with Crippen LogP contribution in [0.1, 0.15) is 47.5 Å². The first-order chi connectivity index (χ1) is 8.41. The van der Waals surface area contributed by atoms with Crippen molar-refractivity contribution in [2.75, 3.05) is 7.05 Å². The van der Waals surface area contributed by atoms with Gasteiger partial charge in [-0.25, -0.2) is 0 Å². The number of fused-ring (bicyclic) bond motifs is 2. The second kappa shape index (κ2) is 5.05. The van der Waals surface area contributed by atoms with Crippen molar-refractivity contribution in [2.24, 2.45) is 5.92 Å². The molecule has 0 spiro atoms. The van der Waals surface area contributed by atoms with Gasteiger partial charge in [0.15, 0.2) is 0 Å². The Morgan fingerprint density at radius 3 is 2.39 bits per heavy atom. The molecule has 0 amide bonds. The van der Waals surface area contributed by atoms with Gasteiger partial charge in [-0.2, -0.15) is 0 Å². The van der Waals surface area contributed by atoms with Gasteiger partial charge in [-0.05, 0) is 63.3 Å². The van der Waals surface area contributed by atoms with E-state index in [1.165, 1.54) is 24.0 Å². The molecule has 18 heavy (non-hydrogen) atoms. The van der Waals surface area contributed by atoms with E-state index < -0.39 is 0 Å². The van der Waals surface area contributed by atoms with Gasteiger partial charge in [0, 0.05) is 12.1 Å². The summed E-state index contributed by atoms with van der Waals surface area (Å²) in [6.45, 7) is 11.3. The summed E-state index contributed by atoms with van der Waals surface area (Å²) in [5, 5.41) is 0. The summed E-state index contributed by atoms with van der Waals surface area (Å²) in [6, 6.07) is 1.31. The molecule has 2 heterocycles. The van der Waals surface area contributed by atoms with E-state index in [0.717, 1.165) is 0 Å². The zero-order valence-corrected chi connectivity index (χ0v) is 12.7. The van der Waals surface area contributed by atoms with E-state index in [0.29, 0.717) is 18.0 Å². The quantitative estimate of drug-likeness (QED) is 0.700. The zero-order valence-electron chi connectivity index (χ0n) is 12.7. The van der Waals surface area contributed by atoms with Crippen LogP contribution >= 0.6 is 0 Å². The fourth-order valence-corrected chi connectivity index (χ4v) is 3.47. The van der Waals surface area contributed by atoms with E-state index >= 15 is 0 Å². The summed E-state index contributed by atoms with van der Waals surface area (Å²) in [5.41, 5.74) is 6.08. The Balaban J connectivity index is 2.51. The van der Waals surface area contributed by atoms with Crippen LogP contribution in [0, 0.1) is 5.92 Å². The molecule has 0 N–H and O–H groups in total. The molecule has 2 aliphatic heterocycles. The fourth-order valence-electron chi connectivity index (χ4n) is 3.47. The Kier molecular flexibility index (Phi) is 3.82. The fraction of sp³-hybridized carbons (Fsp3) is 0.647. The van der Waals surface area contributed by atoms with E-state index in [9.17, 15) is 0 Å². The van der Waals surface area contributed by atoms with E-state index in [-0.39, 0.29) is 0 Å². The molecule has 2 aliphatic rings. The van der Waals surface area contributed by atoms with Crippen molar-refractivity contribution < 1.29 is 0 Å². The first-order valence-electron chi connectivity index (χ1n) is 7.21. The summed E-state index contributed by atoms with van der Waals surface area (Å²) in [7, 11) is 2.29. The lowest BCUT2D eigenvalue weighted by Gasteiger charge is -2.36. The van der Waals surface area contributed by atoms with Gasteiger partial charge in [0.2, 0.25) is 0 Å². The van der Waals surface area contributed by atoms with Gasteiger partial charge in [-0.3, -0.25) is 4.90 Å². The molecule has 0 aromatic carbocycles. The van der Waals surface area contributed by atoms with Gasteiger partial charge in [-0.1, -0.05) is 31.6 Å². The van der Waals surface area contributed by atoms with Crippen molar-refractivity contribution in [1.29, 1.82) is 0 Å². The highest BCUT2D eigenvalue weighted by molar-refractivity contribution is 5.49. The topological polar surface area (TPSA) is 3.24 Å². The van der Waals surface area contributed by atoms with Crippen LogP contribution in [0.4, 0.5) is 0 Å². The molecule has 0 aliphatic carbocycles. The molecular formula is C17H27N. The highest BCUT2D eigenvalue weighted by Crippen LogP contribution is 2.42. The Hall–Kier alpha value is -0.820. The largest absolute Gasteiger partial charge is 0.292 e. The molecule has 0 aromatic heterocycles. The predicted octanol–water partition coefficient (Wildman–Crippen LogP) is 4.33. The second-order valence-corrected chi connectivity index (χ2v) is 6.44. The smallest absolute Gasteiger partial charge is 0.0354 e. The standard InChI is InChI=1S/C17H27N/c1-11(2)9-14-13(5)15(10-12(3)4)17-8-7-16(14)18(17)6/h9-11,16-17H,7-8H2,1-6H3/b14-9-. The Morgan fingerprint density at radius 2 is 1.83 bits per heavy atom. The third-order valence-corrected chi connectivity index (χ3v) is 4.24. The first kappa shape index (κ1) is 13.6. The van der Waals surface area contributed by atoms with Gasteiger partial charge in [0.05, 0.1) is 0 Å². The van der Waals surface area contributed by atoms with Crippen molar-refractivity contribution in [3.8, 4) is 0 Å². The number of rotatable bonds is 2. The van der Waals surface area contributed by atoms with Crippen LogP contribution in [0.5, 0.6) is 0 Å². The van der Waals surface area contributed by atoms with E-state index in [4.69, 9.17) is 0 Å². The maximum Gasteiger partial charge on any atom is 0.0354 e. The molecule has 1 heteroatoms. The summed E-state index contributed by atoms with van der Waals surface area (Å²) in [4.78, 5) is 2.58. The van der Waals surface area contributed by atoms with Crippen molar-refractivity contribution in [3.63, 3.8) is 0 Å². The van der Waals surface area contributed by atoms with Crippen LogP contribution in [0.15, 0.2) is 34.4 Å². The molecule has 2 rings (SSSR count). The molecule has 0 radical (unpaired) electrons. The minimum atomic E-state index is 0.633. The molecule has 1 fully saturated rings. The molecule has 2 atom stereocenters. The van der Waals surface area contributed by atoms with Crippen molar-refractivity contribution in [2.45, 2.75) is 59.5 Å². The molecular weight excluding hydrogens is 218 g/mol.